The van der Waals surface area contributed by atoms with Gasteiger partial charge in [0.05, 0.1) is 14.2 Å². The molecule has 0 bridgehead atoms. The first-order valence-electron chi connectivity index (χ1n) is 8.04. The van der Waals surface area contributed by atoms with Crippen LogP contribution >= 0.6 is 15.9 Å². The molecule has 1 aliphatic carbocycles. The highest BCUT2D eigenvalue weighted by Crippen LogP contribution is 2.29. The highest BCUT2D eigenvalue weighted by atomic mass is 79.9. The van der Waals surface area contributed by atoms with Crippen LogP contribution in [-0.2, 0) is 25.9 Å². The fourth-order valence-corrected chi connectivity index (χ4v) is 3.81. The molecule has 1 aliphatic rings. The first-order chi connectivity index (χ1) is 11.1. The molecular formula is C19H23BrNO2+. The summed E-state index contributed by atoms with van der Waals surface area (Å²) in [7, 11) is 3.85. The third-order valence-electron chi connectivity index (χ3n) is 4.52. The molecular weight excluding hydrogens is 354 g/mol. The van der Waals surface area contributed by atoms with Gasteiger partial charge in [0, 0.05) is 15.6 Å². The van der Waals surface area contributed by atoms with Crippen LogP contribution in [-0.4, -0.2) is 19.3 Å². The van der Waals surface area contributed by atoms with Crippen molar-refractivity contribution >= 4 is 15.9 Å². The van der Waals surface area contributed by atoms with Gasteiger partial charge in [-0.3, -0.25) is 0 Å². The summed E-state index contributed by atoms with van der Waals surface area (Å²) in [6.45, 7) is 1.65. The molecule has 3 nitrogen and oxygen atoms in total. The van der Waals surface area contributed by atoms with Crippen LogP contribution in [0.5, 0.6) is 11.5 Å². The molecule has 1 atom stereocenters. The topological polar surface area (TPSA) is 33.9 Å². The van der Waals surface area contributed by atoms with Crippen LogP contribution in [0.2, 0.25) is 0 Å². The van der Waals surface area contributed by atoms with Gasteiger partial charge in [-0.2, -0.15) is 0 Å². The predicted octanol–water partition coefficient (Wildman–Crippen LogP) is 2.87. The molecule has 0 saturated heterocycles. The molecule has 0 fully saturated rings. The molecule has 3 rings (SSSR count). The van der Waals surface area contributed by atoms with Crippen molar-refractivity contribution in [2.45, 2.75) is 32.4 Å². The molecule has 122 valence electrons. The van der Waals surface area contributed by atoms with Gasteiger partial charge in [0.25, 0.3) is 0 Å². The van der Waals surface area contributed by atoms with Crippen molar-refractivity contribution in [2.75, 3.05) is 14.2 Å². The molecule has 2 aromatic rings. The molecule has 2 aromatic carbocycles. The third kappa shape index (κ3) is 3.70. The Morgan fingerprint density at radius 3 is 2.52 bits per heavy atom. The molecule has 0 radical (unpaired) electrons. The van der Waals surface area contributed by atoms with Gasteiger partial charge in [0.2, 0.25) is 0 Å². The summed E-state index contributed by atoms with van der Waals surface area (Å²) in [6, 6.07) is 10.2. The van der Waals surface area contributed by atoms with Crippen LogP contribution in [0, 0.1) is 0 Å². The van der Waals surface area contributed by atoms with E-state index in [-0.39, 0.29) is 0 Å². The summed E-state index contributed by atoms with van der Waals surface area (Å²) < 4.78 is 6.51. The number of phenolic OH excluding ortho intramolecular Hbond substituents is 1. The molecule has 4 heteroatoms. The fraction of sp³-hybridized carbons (Fsp3) is 0.368. The van der Waals surface area contributed by atoms with Gasteiger partial charge < -0.3 is 14.7 Å². The first-order valence-corrected chi connectivity index (χ1v) is 8.83. The Labute approximate surface area is 146 Å². The highest BCUT2D eigenvalue weighted by Gasteiger charge is 2.17. The van der Waals surface area contributed by atoms with Crippen LogP contribution in [0.25, 0.3) is 0 Å². The quantitative estimate of drug-likeness (QED) is 0.840. The third-order valence-corrected chi connectivity index (χ3v) is 5.01. The molecule has 0 aromatic heterocycles. The number of aromatic hydroxyl groups is 1. The Hall–Kier alpha value is -1.52. The number of aryl methyl sites for hydroxylation is 2. The molecule has 0 amide bonds. The lowest BCUT2D eigenvalue weighted by Gasteiger charge is -2.17. The number of phenols is 1. The molecule has 2 N–H and O–H groups in total. The van der Waals surface area contributed by atoms with Crippen LogP contribution in [0.4, 0.5) is 0 Å². The number of quaternary nitrogens is 1. The van der Waals surface area contributed by atoms with E-state index in [1.54, 1.807) is 7.11 Å². The molecule has 0 saturated carbocycles. The summed E-state index contributed by atoms with van der Waals surface area (Å²) in [5.74, 6) is 1.34. The number of fused-ring (bicyclic) bond motifs is 1. The van der Waals surface area contributed by atoms with Crippen molar-refractivity contribution in [2.24, 2.45) is 0 Å². The predicted molar refractivity (Wildman–Crippen MR) is 95.1 cm³/mol. The maximum absolute atomic E-state index is 10.3. The minimum absolute atomic E-state index is 0.436. The molecule has 0 aliphatic heterocycles. The van der Waals surface area contributed by atoms with E-state index < -0.39 is 0 Å². The zero-order valence-electron chi connectivity index (χ0n) is 13.7. The van der Waals surface area contributed by atoms with Gasteiger partial charge in [0.15, 0.2) is 0 Å². The number of hydrogen-bond acceptors (Lipinski definition) is 2. The minimum atomic E-state index is 0.436. The number of methoxy groups -OCH3 is 1. The number of hydrogen-bond donors (Lipinski definition) is 2. The van der Waals surface area contributed by atoms with Crippen LogP contribution in [0.15, 0.2) is 34.8 Å². The zero-order valence-corrected chi connectivity index (χ0v) is 15.2. The summed E-state index contributed by atoms with van der Waals surface area (Å²) >= 11 is 3.52. The standard InChI is InChI=1S/C19H22BrNO2/c1-21(12-16-9-17(20)6-7-19(16)23-2)11-15-8-13-4-3-5-14(13)10-18(15)22/h6-10,22H,3-5,11-12H2,1-2H3/p+1. The van der Waals surface area contributed by atoms with E-state index in [0.717, 1.165) is 41.7 Å². The van der Waals surface area contributed by atoms with E-state index in [0.29, 0.717) is 5.75 Å². The van der Waals surface area contributed by atoms with E-state index in [4.69, 9.17) is 4.74 Å². The van der Waals surface area contributed by atoms with Gasteiger partial charge in [-0.15, -0.1) is 0 Å². The maximum atomic E-state index is 10.3. The first kappa shape index (κ1) is 16.3. The second-order valence-electron chi connectivity index (χ2n) is 6.37. The molecule has 0 spiro atoms. The van der Waals surface area contributed by atoms with Gasteiger partial charge in [0.1, 0.15) is 24.6 Å². The minimum Gasteiger partial charge on any atom is -0.507 e. The molecule has 23 heavy (non-hydrogen) atoms. The highest BCUT2D eigenvalue weighted by molar-refractivity contribution is 9.10. The Morgan fingerprint density at radius 2 is 1.78 bits per heavy atom. The Bertz CT molecular complexity index is 715. The number of benzene rings is 2. The van der Waals surface area contributed by atoms with Gasteiger partial charge in [-0.25, -0.2) is 0 Å². The maximum Gasteiger partial charge on any atom is 0.127 e. The van der Waals surface area contributed by atoms with Crippen molar-refractivity contribution in [1.82, 2.24) is 0 Å². The Morgan fingerprint density at radius 1 is 1.09 bits per heavy atom. The van der Waals surface area contributed by atoms with E-state index in [2.05, 4.69) is 35.1 Å². The average molecular weight is 377 g/mol. The van der Waals surface area contributed by atoms with Crippen molar-refractivity contribution in [3.05, 3.63) is 57.1 Å². The van der Waals surface area contributed by atoms with Gasteiger partial charge in [-0.1, -0.05) is 15.9 Å². The van der Waals surface area contributed by atoms with Crippen LogP contribution in [0.1, 0.15) is 28.7 Å². The summed E-state index contributed by atoms with van der Waals surface area (Å²) in [6.07, 6.45) is 3.44. The SMILES string of the molecule is COc1ccc(Br)cc1C[NH+](C)Cc1cc2c(cc1O)CCC2. The van der Waals surface area contributed by atoms with Crippen molar-refractivity contribution in [3.8, 4) is 11.5 Å². The summed E-state index contributed by atoms with van der Waals surface area (Å²) in [4.78, 5) is 1.31. The lowest BCUT2D eigenvalue weighted by Crippen LogP contribution is -3.06. The number of halogens is 1. The van der Waals surface area contributed by atoms with Crippen molar-refractivity contribution in [3.63, 3.8) is 0 Å². The smallest absolute Gasteiger partial charge is 0.127 e. The van der Waals surface area contributed by atoms with E-state index in [1.807, 2.05) is 18.2 Å². The number of ether oxygens (including phenoxy) is 1. The van der Waals surface area contributed by atoms with Crippen LogP contribution in [0.3, 0.4) is 0 Å². The monoisotopic (exact) mass is 376 g/mol. The second kappa shape index (κ2) is 6.93. The summed E-state index contributed by atoms with van der Waals surface area (Å²) in [5, 5.41) is 10.3. The molecule has 1 unspecified atom stereocenters. The normalized spacial score (nSPS) is 14.6. The lowest BCUT2D eigenvalue weighted by molar-refractivity contribution is -0.907. The van der Waals surface area contributed by atoms with Crippen LogP contribution < -0.4 is 9.64 Å². The zero-order chi connectivity index (χ0) is 16.4. The Balaban J connectivity index is 1.75. The van der Waals surface area contributed by atoms with Crippen molar-refractivity contribution < 1.29 is 14.7 Å². The lowest BCUT2D eigenvalue weighted by atomic mass is 10.0. The summed E-state index contributed by atoms with van der Waals surface area (Å²) in [5.41, 5.74) is 4.93. The van der Waals surface area contributed by atoms with Gasteiger partial charge in [-0.05, 0) is 60.7 Å². The van der Waals surface area contributed by atoms with E-state index >= 15 is 0 Å². The fourth-order valence-electron chi connectivity index (χ4n) is 3.40. The average Bonchev–Trinajstić information content (AvgIpc) is 2.95. The largest absolute Gasteiger partial charge is 0.507 e. The molecule has 0 heterocycles. The number of rotatable bonds is 5. The second-order valence-corrected chi connectivity index (χ2v) is 7.29. The van der Waals surface area contributed by atoms with Gasteiger partial charge >= 0.3 is 0 Å². The van der Waals surface area contributed by atoms with Crippen molar-refractivity contribution in [1.29, 1.82) is 0 Å². The number of nitrogens with one attached hydrogen (secondary N) is 1. The van der Waals surface area contributed by atoms with E-state index in [1.165, 1.54) is 28.0 Å². The Kier molecular flexibility index (Phi) is 4.93. The van der Waals surface area contributed by atoms with E-state index in [9.17, 15) is 5.11 Å².